The molecule has 15 rings (SSSR count). The standard InChI is InChI=1S/C76H54N2/c1-75(2)67-36-20-18-34-62(67)65-47-58(44-46-68(65)75)77(55-27-12-5-13-28-55)59-43-45-63-61-33-19-21-37-69(61)76(71(63)48-59)70-38-22-35-60(54-41-39-52(40-42-54)51-23-8-3-9-24-51)74(70)66-49-64(53-25-10-4-11-26-53)73(50-72(66)76)78(56-29-14-6-15-30-56)57-31-16-7-17-32-57/h3-50H,1-2H3. The van der Waals surface area contributed by atoms with Gasteiger partial charge in [-0.2, -0.15) is 0 Å². The van der Waals surface area contributed by atoms with Crippen LogP contribution in [0, 0.1) is 0 Å². The second-order valence-corrected chi connectivity index (χ2v) is 21.6. The average Bonchev–Trinajstić information content (AvgIpc) is 4.15. The van der Waals surface area contributed by atoms with E-state index in [0.29, 0.717) is 0 Å². The Morgan fingerprint density at radius 3 is 1.32 bits per heavy atom. The molecular formula is C76H54N2. The zero-order valence-electron chi connectivity index (χ0n) is 43.6. The van der Waals surface area contributed by atoms with E-state index in [1.54, 1.807) is 0 Å². The lowest BCUT2D eigenvalue weighted by Crippen LogP contribution is -2.26. The van der Waals surface area contributed by atoms with Gasteiger partial charge in [0.05, 0.1) is 11.1 Å². The summed E-state index contributed by atoms with van der Waals surface area (Å²) in [5, 5.41) is 0. The maximum Gasteiger partial charge on any atom is 0.0727 e. The van der Waals surface area contributed by atoms with Gasteiger partial charge >= 0.3 is 0 Å². The first kappa shape index (κ1) is 45.6. The number of para-hydroxylation sites is 3. The highest BCUT2D eigenvalue weighted by molar-refractivity contribution is 6.04. The summed E-state index contributed by atoms with van der Waals surface area (Å²) in [6, 6.07) is 108. The lowest BCUT2D eigenvalue weighted by molar-refractivity contribution is 0.660. The van der Waals surface area contributed by atoms with Gasteiger partial charge in [-0.15, -0.1) is 0 Å². The Balaban J connectivity index is 1.03. The van der Waals surface area contributed by atoms with Crippen molar-refractivity contribution < 1.29 is 0 Å². The monoisotopic (exact) mass is 994 g/mol. The van der Waals surface area contributed by atoms with Crippen LogP contribution in [0.2, 0.25) is 0 Å². The molecule has 0 aromatic heterocycles. The molecule has 368 valence electrons. The van der Waals surface area contributed by atoms with Crippen LogP contribution < -0.4 is 9.80 Å². The molecule has 0 bridgehead atoms. The minimum Gasteiger partial charge on any atom is -0.310 e. The molecule has 0 saturated carbocycles. The van der Waals surface area contributed by atoms with Crippen molar-refractivity contribution >= 4 is 34.1 Å². The van der Waals surface area contributed by atoms with E-state index >= 15 is 0 Å². The highest BCUT2D eigenvalue weighted by Crippen LogP contribution is 2.66. The second kappa shape index (κ2) is 17.9. The smallest absolute Gasteiger partial charge is 0.0727 e. The van der Waals surface area contributed by atoms with Crippen LogP contribution in [0.25, 0.3) is 66.8 Å². The fourth-order valence-corrected chi connectivity index (χ4v) is 13.6. The van der Waals surface area contributed by atoms with E-state index in [-0.39, 0.29) is 5.41 Å². The van der Waals surface area contributed by atoms with Crippen molar-refractivity contribution in [2.24, 2.45) is 0 Å². The van der Waals surface area contributed by atoms with E-state index in [0.717, 1.165) is 45.3 Å². The fourth-order valence-electron chi connectivity index (χ4n) is 13.6. The SMILES string of the molecule is CC1(C)c2ccccc2-c2cc(N(c3ccccc3)c3ccc4c(c3)C3(c5ccccc5-4)c4cc(N(c5ccccc5)c5ccccc5)c(-c5ccccc5)cc4-c4c(-c5ccc(-c6ccccc6)cc5)cccc43)ccc21. The number of hydrogen-bond acceptors (Lipinski definition) is 2. The van der Waals surface area contributed by atoms with E-state index < -0.39 is 5.41 Å². The Bertz CT molecular complexity index is 4220. The molecule has 3 aliphatic carbocycles. The van der Waals surface area contributed by atoms with Crippen molar-refractivity contribution in [3.05, 3.63) is 325 Å². The van der Waals surface area contributed by atoms with Gasteiger partial charge in [-0.05, 0) is 167 Å². The molecule has 12 aromatic carbocycles. The summed E-state index contributed by atoms with van der Waals surface area (Å²) < 4.78 is 0. The molecule has 0 saturated heterocycles. The summed E-state index contributed by atoms with van der Waals surface area (Å²) in [6.07, 6.45) is 0. The third-order valence-corrected chi connectivity index (χ3v) is 17.1. The minimum atomic E-state index is -0.709. The first-order valence-electron chi connectivity index (χ1n) is 27.2. The number of rotatable bonds is 9. The Morgan fingerprint density at radius 1 is 0.231 bits per heavy atom. The molecule has 3 aliphatic rings. The van der Waals surface area contributed by atoms with Crippen LogP contribution in [0.4, 0.5) is 34.1 Å². The molecule has 0 fully saturated rings. The van der Waals surface area contributed by atoms with Gasteiger partial charge in [0, 0.05) is 39.4 Å². The molecule has 1 unspecified atom stereocenters. The summed E-state index contributed by atoms with van der Waals surface area (Å²) in [4.78, 5) is 4.94. The number of nitrogens with zero attached hydrogens (tertiary/aromatic N) is 2. The number of hydrogen-bond donors (Lipinski definition) is 0. The lowest BCUT2D eigenvalue weighted by Gasteiger charge is -2.34. The molecule has 78 heavy (non-hydrogen) atoms. The van der Waals surface area contributed by atoms with Gasteiger partial charge in [0.1, 0.15) is 0 Å². The normalized spacial score (nSPS) is 14.7. The summed E-state index contributed by atoms with van der Waals surface area (Å²) in [5.41, 5.74) is 28.5. The van der Waals surface area contributed by atoms with Crippen LogP contribution >= 0.6 is 0 Å². The van der Waals surface area contributed by atoms with Gasteiger partial charge < -0.3 is 9.80 Å². The van der Waals surface area contributed by atoms with E-state index in [2.05, 4.69) is 315 Å². The zero-order chi connectivity index (χ0) is 52.0. The van der Waals surface area contributed by atoms with Crippen molar-refractivity contribution in [1.29, 1.82) is 0 Å². The molecule has 12 aromatic rings. The highest BCUT2D eigenvalue weighted by atomic mass is 15.1. The summed E-state index contributed by atoms with van der Waals surface area (Å²) >= 11 is 0. The fraction of sp³-hybridized carbons (Fsp3) is 0.0526. The summed E-state index contributed by atoms with van der Waals surface area (Å²) in [7, 11) is 0. The first-order chi connectivity index (χ1) is 38.5. The molecule has 0 aliphatic heterocycles. The van der Waals surface area contributed by atoms with Crippen LogP contribution in [0.3, 0.4) is 0 Å². The largest absolute Gasteiger partial charge is 0.310 e. The predicted octanol–water partition coefficient (Wildman–Crippen LogP) is 20.3. The molecule has 1 atom stereocenters. The van der Waals surface area contributed by atoms with Crippen LogP contribution in [0.1, 0.15) is 47.2 Å². The van der Waals surface area contributed by atoms with E-state index in [4.69, 9.17) is 0 Å². The Kier molecular flexibility index (Phi) is 10.5. The van der Waals surface area contributed by atoms with Crippen LogP contribution in [0.5, 0.6) is 0 Å². The lowest BCUT2D eigenvalue weighted by atomic mass is 9.70. The van der Waals surface area contributed by atoms with Gasteiger partial charge in [0.2, 0.25) is 0 Å². The van der Waals surface area contributed by atoms with Crippen molar-refractivity contribution in [3.63, 3.8) is 0 Å². The van der Waals surface area contributed by atoms with Crippen LogP contribution in [-0.4, -0.2) is 0 Å². The third kappa shape index (κ3) is 6.89. The Hall–Kier alpha value is -9.76. The number of benzene rings is 12. The van der Waals surface area contributed by atoms with Gasteiger partial charge in [-0.1, -0.05) is 232 Å². The van der Waals surface area contributed by atoms with Gasteiger partial charge in [0.15, 0.2) is 0 Å². The molecule has 2 heteroatoms. The van der Waals surface area contributed by atoms with Crippen LogP contribution in [0.15, 0.2) is 291 Å². The van der Waals surface area contributed by atoms with Crippen molar-refractivity contribution in [2.45, 2.75) is 24.7 Å². The van der Waals surface area contributed by atoms with E-state index in [1.165, 1.54) is 89.0 Å². The molecule has 0 N–H and O–H groups in total. The quantitative estimate of drug-likeness (QED) is 0.142. The summed E-state index contributed by atoms with van der Waals surface area (Å²) in [5.74, 6) is 0. The Labute approximate surface area is 457 Å². The average molecular weight is 995 g/mol. The predicted molar refractivity (Wildman–Crippen MR) is 326 cm³/mol. The number of anilines is 6. The molecule has 1 spiro atoms. The van der Waals surface area contributed by atoms with E-state index in [1.807, 2.05) is 0 Å². The first-order valence-corrected chi connectivity index (χ1v) is 27.2. The van der Waals surface area contributed by atoms with Crippen molar-refractivity contribution in [2.75, 3.05) is 9.80 Å². The summed E-state index contributed by atoms with van der Waals surface area (Å²) in [6.45, 7) is 4.72. The molecule has 2 nitrogen and oxygen atoms in total. The maximum atomic E-state index is 2.56. The minimum absolute atomic E-state index is 0.102. The molecule has 0 heterocycles. The zero-order valence-corrected chi connectivity index (χ0v) is 43.6. The van der Waals surface area contributed by atoms with Gasteiger partial charge in [-0.3, -0.25) is 0 Å². The Morgan fingerprint density at radius 2 is 0.667 bits per heavy atom. The van der Waals surface area contributed by atoms with Gasteiger partial charge in [-0.25, -0.2) is 0 Å². The molecule has 0 radical (unpaired) electrons. The van der Waals surface area contributed by atoms with Crippen molar-refractivity contribution in [1.82, 2.24) is 0 Å². The second-order valence-electron chi connectivity index (χ2n) is 21.6. The van der Waals surface area contributed by atoms with E-state index in [9.17, 15) is 0 Å². The molecular weight excluding hydrogens is 941 g/mol. The third-order valence-electron chi connectivity index (χ3n) is 17.1. The highest BCUT2D eigenvalue weighted by Gasteiger charge is 2.53. The van der Waals surface area contributed by atoms with Gasteiger partial charge in [0.25, 0.3) is 0 Å². The maximum absolute atomic E-state index is 2.56. The number of fused-ring (bicyclic) bond motifs is 13. The van der Waals surface area contributed by atoms with Crippen LogP contribution in [-0.2, 0) is 10.8 Å². The molecule has 0 amide bonds. The topological polar surface area (TPSA) is 6.48 Å². The van der Waals surface area contributed by atoms with Crippen molar-refractivity contribution in [3.8, 4) is 66.8 Å².